The lowest BCUT2D eigenvalue weighted by Gasteiger charge is -2.33. The smallest absolute Gasteiger partial charge is 0.381 e. The number of alkyl halides is 8. The fourth-order valence-electron chi connectivity index (χ4n) is 4.39. The molecule has 2 saturated carbocycles. The Kier molecular flexibility index (Phi) is 5.70. The first kappa shape index (κ1) is 24.2. The van der Waals surface area contributed by atoms with E-state index < -0.39 is 90.4 Å². The van der Waals surface area contributed by atoms with Gasteiger partial charge in [0, 0.05) is 11.8 Å². The maximum absolute atomic E-state index is 13.6. The van der Waals surface area contributed by atoms with Crippen molar-refractivity contribution in [3.05, 3.63) is 12.4 Å². The van der Waals surface area contributed by atoms with Gasteiger partial charge in [0.15, 0.2) is 6.61 Å². The summed E-state index contributed by atoms with van der Waals surface area (Å²) in [6.07, 6.45) is -7.69. The van der Waals surface area contributed by atoms with Crippen LogP contribution in [0, 0.1) is 23.7 Å². The Labute approximate surface area is 172 Å². The first-order valence-corrected chi connectivity index (χ1v) is 8.88. The Balaban J connectivity index is 1.76. The van der Waals surface area contributed by atoms with Crippen molar-refractivity contribution >= 4 is 17.9 Å². The van der Waals surface area contributed by atoms with E-state index in [1.165, 1.54) is 0 Å². The lowest BCUT2D eigenvalue weighted by Crippen LogP contribution is -2.59. The molecule has 0 N–H and O–H groups in total. The number of rotatable bonds is 8. The van der Waals surface area contributed by atoms with Crippen molar-refractivity contribution in [1.82, 2.24) is 0 Å². The zero-order valence-corrected chi connectivity index (χ0v) is 15.5. The van der Waals surface area contributed by atoms with Crippen molar-refractivity contribution in [2.24, 2.45) is 23.7 Å². The Morgan fingerprint density at radius 2 is 1.72 bits per heavy atom. The first-order chi connectivity index (χ1) is 14.5. The molecule has 180 valence electrons. The molecule has 2 aliphatic carbocycles. The number of hydrogen-bond donors (Lipinski definition) is 0. The number of fused-ring (bicyclic) bond motifs is 1. The van der Waals surface area contributed by atoms with Crippen LogP contribution in [0.4, 0.5) is 39.5 Å². The predicted molar refractivity (Wildman–Crippen MR) is 80.4 cm³/mol. The van der Waals surface area contributed by atoms with Crippen LogP contribution >= 0.6 is 0 Å². The monoisotopic (exact) mass is 484 g/mol. The molecule has 0 aromatic rings. The van der Waals surface area contributed by atoms with Gasteiger partial charge in [-0.15, -0.1) is 0 Å². The predicted octanol–water partition coefficient (Wildman–Crippen LogP) is 2.90. The van der Waals surface area contributed by atoms with E-state index in [-0.39, 0.29) is 6.42 Å². The van der Waals surface area contributed by atoms with Crippen LogP contribution in [0.2, 0.25) is 0 Å². The van der Waals surface area contributed by atoms with E-state index in [4.69, 9.17) is 9.47 Å². The van der Waals surface area contributed by atoms with Crippen LogP contribution in [0.3, 0.4) is 0 Å². The van der Waals surface area contributed by atoms with E-state index in [0.29, 0.717) is 0 Å². The van der Waals surface area contributed by atoms with Gasteiger partial charge in [-0.3, -0.25) is 9.59 Å². The van der Waals surface area contributed by atoms with E-state index in [9.17, 15) is 53.9 Å². The van der Waals surface area contributed by atoms with Gasteiger partial charge >= 0.3 is 42.1 Å². The average molecular weight is 484 g/mol. The molecule has 6 atom stereocenters. The third kappa shape index (κ3) is 3.39. The van der Waals surface area contributed by atoms with Crippen LogP contribution < -0.4 is 0 Å². The van der Waals surface area contributed by atoms with Gasteiger partial charge in [0.25, 0.3) is 0 Å². The van der Waals surface area contributed by atoms with Crippen LogP contribution in [0.1, 0.15) is 6.42 Å². The zero-order chi connectivity index (χ0) is 24.4. The number of carbonyl (C=O) groups is 3. The fraction of sp³-hybridized carbons (Fsp3) is 0.706. The number of ether oxygens (including phenoxy) is 3. The van der Waals surface area contributed by atoms with Gasteiger partial charge in [-0.25, -0.2) is 13.6 Å². The normalized spacial score (nSPS) is 31.6. The van der Waals surface area contributed by atoms with E-state index in [1.807, 2.05) is 0 Å². The van der Waals surface area contributed by atoms with E-state index >= 15 is 0 Å². The molecule has 2 bridgehead atoms. The lowest BCUT2D eigenvalue weighted by atomic mass is 9.78. The van der Waals surface area contributed by atoms with Crippen molar-refractivity contribution in [3.63, 3.8) is 0 Å². The minimum Gasteiger partial charge on any atom is -0.459 e. The molecule has 1 saturated heterocycles. The summed E-state index contributed by atoms with van der Waals surface area (Å²) in [6.45, 7) is -0.0109. The standard InChI is InChI=1S/C17H13F9O6/c1-4(18)11(27)31-9-5-2-6-8(13(29)32-10(6)9)7(5)12(28)30-3-15(21,22)17(25,26)16(23,24)14(19)20/h5-10,14H,1-3H2. The Bertz CT molecular complexity index is 844. The largest absolute Gasteiger partial charge is 0.459 e. The molecule has 1 heterocycles. The number of esters is 3. The highest BCUT2D eigenvalue weighted by Gasteiger charge is 2.76. The molecule has 0 aromatic heterocycles. The van der Waals surface area contributed by atoms with E-state index in [2.05, 4.69) is 11.3 Å². The molecule has 6 unspecified atom stereocenters. The molecule has 3 rings (SSSR count). The summed E-state index contributed by atoms with van der Waals surface area (Å²) in [5.41, 5.74) is 0. The molecule has 0 spiro atoms. The topological polar surface area (TPSA) is 78.9 Å². The van der Waals surface area contributed by atoms with Gasteiger partial charge in [-0.1, -0.05) is 6.58 Å². The maximum Gasteiger partial charge on any atom is 0.381 e. The average Bonchev–Trinajstić information content (AvgIpc) is 3.29. The van der Waals surface area contributed by atoms with Crippen LogP contribution in [-0.4, -0.2) is 60.9 Å². The SMILES string of the molecule is C=C(F)C(=O)OC1C2CC3C1OC(=O)C3C2C(=O)OCC(F)(F)C(F)(F)C(F)(F)C(F)F. The molecule has 0 aromatic carbocycles. The number of carbonyl (C=O) groups excluding carboxylic acids is 3. The highest BCUT2D eigenvalue weighted by molar-refractivity contribution is 5.87. The second-order valence-electron chi connectivity index (χ2n) is 7.60. The first-order valence-electron chi connectivity index (χ1n) is 8.88. The van der Waals surface area contributed by atoms with Crippen molar-refractivity contribution in [1.29, 1.82) is 0 Å². The minimum atomic E-state index is -6.58. The van der Waals surface area contributed by atoms with Crippen LogP contribution in [0.15, 0.2) is 12.4 Å². The maximum atomic E-state index is 13.6. The van der Waals surface area contributed by atoms with Crippen molar-refractivity contribution in [2.45, 2.75) is 42.8 Å². The number of hydrogen-bond acceptors (Lipinski definition) is 6. The van der Waals surface area contributed by atoms with Crippen LogP contribution in [-0.2, 0) is 28.6 Å². The molecular weight excluding hydrogens is 471 g/mol. The summed E-state index contributed by atoms with van der Waals surface area (Å²) in [4.78, 5) is 35.8. The fourth-order valence-corrected chi connectivity index (χ4v) is 4.39. The quantitative estimate of drug-likeness (QED) is 0.228. The van der Waals surface area contributed by atoms with Gasteiger partial charge in [-0.05, 0) is 6.42 Å². The molecule has 1 aliphatic heterocycles. The summed E-state index contributed by atoms with van der Waals surface area (Å²) in [6, 6.07) is 0. The van der Waals surface area contributed by atoms with Crippen molar-refractivity contribution < 1.29 is 68.1 Å². The summed E-state index contributed by atoms with van der Waals surface area (Å²) in [7, 11) is 0. The summed E-state index contributed by atoms with van der Waals surface area (Å²) >= 11 is 0. The van der Waals surface area contributed by atoms with Gasteiger partial charge in [0.1, 0.15) is 12.2 Å². The third-order valence-electron chi connectivity index (χ3n) is 5.83. The molecule has 3 aliphatic rings. The zero-order valence-electron chi connectivity index (χ0n) is 15.5. The Hall–Kier alpha value is -2.48. The molecule has 3 fully saturated rings. The summed E-state index contributed by atoms with van der Waals surface area (Å²) in [5.74, 6) is -29.6. The molecule has 15 heteroatoms. The molecule has 0 amide bonds. The van der Waals surface area contributed by atoms with Gasteiger partial charge in [-0.2, -0.15) is 30.7 Å². The van der Waals surface area contributed by atoms with Gasteiger partial charge < -0.3 is 14.2 Å². The summed E-state index contributed by atoms with van der Waals surface area (Å²) in [5, 5.41) is 0. The summed E-state index contributed by atoms with van der Waals surface area (Å²) < 4.78 is 131. The second kappa shape index (κ2) is 7.54. The van der Waals surface area contributed by atoms with Crippen LogP contribution in [0.5, 0.6) is 0 Å². The highest BCUT2D eigenvalue weighted by atomic mass is 19.4. The second-order valence-corrected chi connectivity index (χ2v) is 7.60. The van der Waals surface area contributed by atoms with Gasteiger partial charge in [0.05, 0.1) is 11.8 Å². The lowest BCUT2D eigenvalue weighted by molar-refractivity contribution is -0.344. The van der Waals surface area contributed by atoms with E-state index in [1.54, 1.807) is 0 Å². The molecule has 6 nitrogen and oxygen atoms in total. The van der Waals surface area contributed by atoms with Crippen molar-refractivity contribution in [2.75, 3.05) is 6.61 Å². The highest BCUT2D eigenvalue weighted by Crippen LogP contribution is 2.59. The van der Waals surface area contributed by atoms with Crippen molar-refractivity contribution in [3.8, 4) is 0 Å². The molecule has 0 radical (unpaired) electrons. The Morgan fingerprint density at radius 1 is 1.12 bits per heavy atom. The number of halogens is 9. The van der Waals surface area contributed by atoms with E-state index in [0.717, 1.165) is 0 Å². The molecular formula is C17H13F9O6. The van der Waals surface area contributed by atoms with Crippen LogP contribution in [0.25, 0.3) is 0 Å². The van der Waals surface area contributed by atoms with Gasteiger partial charge in [0.2, 0.25) is 5.83 Å². The Morgan fingerprint density at radius 3 is 2.25 bits per heavy atom. The minimum absolute atomic E-state index is 0.0481. The third-order valence-corrected chi connectivity index (χ3v) is 5.83. The molecule has 32 heavy (non-hydrogen) atoms.